The monoisotopic (exact) mass is 439 g/mol. The van der Waals surface area contributed by atoms with E-state index in [4.69, 9.17) is 0 Å². The van der Waals surface area contributed by atoms with Crippen LogP contribution in [-0.4, -0.2) is 26.2 Å². The third-order valence-electron chi connectivity index (χ3n) is 6.56. The molecule has 0 fully saturated rings. The summed E-state index contributed by atoms with van der Waals surface area (Å²) >= 11 is 0. The van der Waals surface area contributed by atoms with Crippen molar-refractivity contribution in [2.45, 2.75) is 6.42 Å². The summed E-state index contributed by atoms with van der Waals surface area (Å²) in [4.78, 5) is 18.8. The van der Waals surface area contributed by atoms with Gasteiger partial charge in [-0.1, -0.05) is 30.3 Å². The fourth-order valence-electron chi connectivity index (χ4n) is 4.72. The van der Waals surface area contributed by atoms with Gasteiger partial charge in [-0.2, -0.15) is 0 Å². The van der Waals surface area contributed by atoms with E-state index in [0.29, 0.717) is 0 Å². The molecule has 162 valence electrons. The Bertz CT molecular complexity index is 1690. The van der Waals surface area contributed by atoms with Crippen molar-refractivity contribution in [3.05, 3.63) is 97.1 Å². The lowest BCUT2D eigenvalue weighted by Gasteiger charge is -2.03. The summed E-state index contributed by atoms with van der Waals surface area (Å²) in [5, 5.41) is 0. The first-order valence-electron chi connectivity index (χ1n) is 11.4. The minimum Gasteiger partial charge on any atom is -0.361 e. The van der Waals surface area contributed by atoms with Crippen LogP contribution in [0, 0.1) is 0 Å². The lowest BCUT2D eigenvalue weighted by atomic mass is 10.0. The highest BCUT2D eigenvalue weighted by Crippen LogP contribution is 2.33. The van der Waals surface area contributed by atoms with E-state index in [2.05, 4.69) is 104 Å². The first kappa shape index (κ1) is 18.9. The number of aromatic amines is 3. The molecule has 6 aromatic rings. The van der Waals surface area contributed by atoms with Crippen LogP contribution in [0.25, 0.3) is 55.8 Å². The average Bonchev–Trinajstić information content (AvgIpc) is 3.69. The van der Waals surface area contributed by atoms with Gasteiger partial charge in [0.2, 0.25) is 0 Å². The summed E-state index contributed by atoms with van der Waals surface area (Å²) in [6, 6.07) is 25.8. The molecule has 0 unspecified atom stereocenters. The Kier molecular flexibility index (Phi) is 4.14. The summed E-state index contributed by atoms with van der Waals surface area (Å²) in [7, 11) is 0. The van der Waals surface area contributed by atoms with Crippen LogP contribution >= 0.6 is 0 Å². The third-order valence-corrected chi connectivity index (χ3v) is 6.56. The van der Waals surface area contributed by atoms with Gasteiger partial charge in [-0.15, -0.1) is 0 Å². The Labute approximate surface area is 196 Å². The van der Waals surface area contributed by atoms with Gasteiger partial charge in [0.25, 0.3) is 0 Å². The SMILES string of the molecule is C1=Nc2ccc(-c3c[nH]c(-c4cccc(-c5cc(-c6ccc7nc[nH]c7c6)c[nH]5)c4)c3)cc2C1. The van der Waals surface area contributed by atoms with Crippen molar-refractivity contribution >= 4 is 22.9 Å². The van der Waals surface area contributed by atoms with Crippen LogP contribution in [0.1, 0.15) is 5.56 Å². The Morgan fingerprint density at radius 3 is 2.15 bits per heavy atom. The zero-order chi connectivity index (χ0) is 22.5. The van der Waals surface area contributed by atoms with Crippen molar-refractivity contribution in [2.24, 2.45) is 4.99 Å². The molecule has 0 spiro atoms. The number of rotatable bonds is 4. The van der Waals surface area contributed by atoms with E-state index in [9.17, 15) is 0 Å². The molecule has 1 aliphatic rings. The molecule has 0 radical (unpaired) electrons. The van der Waals surface area contributed by atoms with Crippen molar-refractivity contribution in [1.29, 1.82) is 0 Å². The largest absolute Gasteiger partial charge is 0.361 e. The van der Waals surface area contributed by atoms with Gasteiger partial charge in [0, 0.05) is 36.4 Å². The second kappa shape index (κ2) is 7.46. The first-order valence-corrected chi connectivity index (χ1v) is 11.4. The Morgan fingerprint density at radius 1 is 0.618 bits per heavy atom. The lowest BCUT2D eigenvalue weighted by Crippen LogP contribution is -1.81. The van der Waals surface area contributed by atoms with E-state index in [1.54, 1.807) is 6.33 Å². The van der Waals surface area contributed by atoms with E-state index in [1.807, 2.05) is 12.3 Å². The smallest absolute Gasteiger partial charge is 0.0931 e. The number of hydrogen-bond acceptors (Lipinski definition) is 2. The van der Waals surface area contributed by atoms with Gasteiger partial charge in [-0.3, -0.25) is 4.99 Å². The fraction of sp³-hybridized carbons (Fsp3) is 0.0345. The fourth-order valence-corrected chi connectivity index (χ4v) is 4.72. The second-order valence-corrected chi connectivity index (χ2v) is 8.68. The molecule has 0 saturated heterocycles. The van der Waals surface area contributed by atoms with Crippen molar-refractivity contribution in [3.8, 4) is 44.8 Å². The molecular weight excluding hydrogens is 418 g/mol. The summed E-state index contributed by atoms with van der Waals surface area (Å²) in [6.07, 6.45) is 8.76. The minimum absolute atomic E-state index is 0.913. The van der Waals surface area contributed by atoms with Crippen LogP contribution in [0.3, 0.4) is 0 Å². The number of H-pyrrole nitrogens is 3. The normalized spacial score (nSPS) is 12.5. The van der Waals surface area contributed by atoms with E-state index in [1.165, 1.54) is 16.7 Å². The summed E-state index contributed by atoms with van der Waals surface area (Å²) in [5.74, 6) is 0. The molecule has 0 aliphatic carbocycles. The molecule has 3 aromatic carbocycles. The number of fused-ring (bicyclic) bond motifs is 2. The highest BCUT2D eigenvalue weighted by atomic mass is 14.9. The lowest BCUT2D eigenvalue weighted by molar-refractivity contribution is 1.34. The average molecular weight is 440 g/mol. The number of nitrogens with one attached hydrogen (secondary N) is 3. The molecule has 34 heavy (non-hydrogen) atoms. The maximum absolute atomic E-state index is 4.42. The van der Waals surface area contributed by atoms with E-state index in [-0.39, 0.29) is 0 Å². The van der Waals surface area contributed by atoms with Crippen LogP contribution in [0.15, 0.2) is 96.5 Å². The van der Waals surface area contributed by atoms with Gasteiger partial charge in [-0.05, 0) is 81.4 Å². The number of nitrogens with zero attached hydrogens (tertiary/aromatic N) is 2. The Morgan fingerprint density at radius 2 is 1.35 bits per heavy atom. The van der Waals surface area contributed by atoms with Crippen molar-refractivity contribution in [3.63, 3.8) is 0 Å². The first-order chi connectivity index (χ1) is 16.8. The van der Waals surface area contributed by atoms with Gasteiger partial charge >= 0.3 is 0 Å². The van der Waals surface area contributed by atoms with E-state index in [0.717, 1.165) is 56.8 Å². The highest BCUT2D eigenvalue weighted by Gasteiger charge is 2.11. The van der Waals surface area contributed by atoms with Crippen LogP contribution in [0.4, 0.5) is 5.69 Å². The Balaban J connectivity index is 1.19. The number of aromatic nitrogens is 4. The quantitative estimate of drug-likeness (QED) is 0.268. The third kappa shape index (κ3) is 3.18. The predicted molar refractivity (Wildman–Crippen MR) is 138 cm³/mol. The second-order valence-electron chi connectivity index (χ2n) is 8.68. The van der Waals surface area contributed by atoms with Crippen LogP contribution in [-0.2, 0) is 6.42 Å². The summed E-state index contributed by atoms with van der Waals surface area (Å²) in [5.41, 5.74) is 13.6. The molecule has 1 aliphatic heterocycles. The van der Waals surface area contributed by atoms with Crippen LogP contribution < -0.4 is 0 Å². The van der Waals surface area contributed by atoms with Crippen LogP contribution in [0.2, 0.25) is 0 Å². The van der Waals surface area contributed by atoms with Crippen molar-refractivity contribution < 1.29 is 0 Å². The molecule has 5 heteroatoms. The molecule has 0 bridgehead atoms. The molecule has 0 atom stereocenters. The van der Waals surface area contributed by atoms with Crippen molar-refractivity contribution in [2.75, 3.05) is 0 Å². The summed E-state index contributed by atoms with van der Waals surface area (Å²) < 4.78 is 0. The topological polar surface area (TPSA) is 72.6 Å². The van der Waals surface area contributed by atoms with Gasteiger partial charge in [0.15, 0.2) is 0 Å². The molecule has 3 N–H and O–H groups in total. The number of imidazole rings is 1. The number of benzene rings is 3. The zero-order valence-electron chi connectivity index (χ0n) is 18.3. The highest BCUT2D eigenvalue weighted by molar-refractivity contribution is 5.84. The molecule has 0 amide bonds. The Hall–Kier alpha value is -4.64. The van der Waals surface area contributed by atoms with E-state index >= 15 is 0 Å². The van der Waals surface area contributed by atoms with Crippen LogP contribution in [0.5, 0.6) is 0 Å². The standard InChI is InChI=1S/C29H21N5/c1-2-20(27-13-23(15-31-27)18-4-6-25-22(10-18)8-9-30-25)11-21(3-1)28-14-24(16-32-28)19-5-7-26-29(12-19)34-17-33-26/h1-7,9-17,31-32H,8H2,(H,33,34). The van der Waals surface area contributed by atoms with Crippen molar-refractivity contribution in [1.82, 2.24) is 19.9 Å². The number of aliphatic imine (C=N–C) groups is 1. The summed E-state index contributed by atoms with van der Waals surface area (Å²) in [6.45, 7) is 0. The maximum atomic E-state index is 4.42. The molecule has 7 rings (SSSR count). The van der Waals surface area contributed by atoms with Gasteiger partial charge in [0.05, 0.1) is 23.0 Å². The molecule has 4 heterocycles. The minimum atomic E-state index is 0.913. The van der Waals surface area contributed by atoms with E-state index < -0.39 is 0 Å². The molecule has 0 saturated carbocycles. The molecule has 5 nitrogen and oxygen atoms in total. The number of hydrogen-bond donors (Lipinski definition) is 3. The zero-order valence-corrected chi connectivity index (χ0v) is 18.3. The predicted octanol–water partition coefficient (Wildman–Crippen LogP) is 7.15. The van der Waals surface area contributed by atoms with Gasteiger partial charge in [0.1, 0.15) is 0 Å². The van der Waals surface area contributed by atoms with Gasteiger partial charge in [-0.25, -0.2) is 4.98 Å². The van der Waals surface area contributed by atoms with Gasteiger partial charge < -0.3 is 15.0 Å². The molecular formula is C29H21N5. The molecule has 3 aromatic heterocycles. The maximum Gasteiger partial charge on any atom is 0.0931 e.